The second-order valence-corrected chi connectivity index (χ2v) is 14.4. The van der Waals surface area contributed by atoms with Crippen molar-refractivity contribution < 1.29 is 14.6 Å². The van der Waals surface area contributed by atoms with Crippen LogP contribution >= 0.6 is 0 Å². The number of ether oxygens (including phenoxy) is 1. The van der Waals surface area contributed by atoms with Crippen molar-refractivity contribution in [2.45, 2.75) is 149 Å². The molecule has 0 aliphatic heterocycles. The maximum Gasteiger partial charge on any atom is 0.306 e. The first-order chi connectivity index (χ1) is 18.0. The number of fused-ring (bicyclic) bond motifs is 1. The Bertz CT molecular complexity index is 883. The number of aliphatic hydroxyl groups is 1. The highest BCUT2D eigenvalue weighted by molar-refractivity contribution is 5.69. The van der Waals surface area contributed by atoms with Gasteiger partial charge in [-0.15, -0.1) is 0 Å². The Morgan fingerprint density at radius 1 is 1.13 bits per heavy atom. The van der Waals surface area contributed by atoms with Crippen molar-refractivity contribution in [2.75, 3.05) is 0 Å². The predicted octanol–water partition coefficient (Wildman–Crippen LogP) is 9.26. The fourth-order valence-corrected chi connectivity index (χ4v) is 8.62. The van der Waals surface area contributed by atoms with E-state index in [0.29, 0.717) is 23.7 Å². The maximum atomic E-state index is 12.5. The van der Waals surface area contributed by atoms with Gasteiger partial charge >= 0.3 is 5.97 Å². The average Bonchev–Trinajstić information content (AvgIpc) is 3.49. The van der Waals surface area contributed by atoms with E-state index >= 15 is 0 Å². The van der Waals surface area contributed by atoms with E-state index in [1.165, 1.54) is 75.4 Å². The zero-order chi connectivity index (χ0) is 27.3. The van der Waals surface area contributed by atoms with Gasteiger partial charge in [-0.1, -0.05) is 82.2 Å². The van der Waals surface area contributed by atoms with E-state index in [4.69, 9.17) is 4.74 Å². The lowest BCUT2D eigenvalue weighted by atomic mass is 9.60. The molecule has 0 bridgehead atoms. The van der Waals surface area contributed by atoms with E-state index in [-0.39, 0.29) is 12.1 Å². The Kier molecular flexibility index (Phi) is 10.0. The van der Waals surface area contributed by atoms with E-state index in [0.717, 1.165) is 50.4 Å². The minimum Gasteiger partial charge on any atom is -0.462 e. The fraction of sp³-hybridized carbons (Fsp3) is 0.800. The molecule has 4 aliphatic carbocycles. The van der Waals surface area contributed by atoms with Crippen molar-refractivity contribution in [1.29, 1.82) is 0 Å². The predicted molar refractivity (Wildman–Crippen MR) is 158 cm³/mol. The van der Waals surface area contributed by atoms with E-state index in [1.54, 1.807) is 5.57 Å². The number of hydrogen-bond acceptors (Lipinski definition) is 3. The first-order valence-corrected chi connectivity index (χ1v) is 16.0. The van der Waals surface area contributed by atoms with Gasteiger partial charge in [0.15, 0.2) is 0 Å². The second kappa shape index (κ2) is 12.9. The standard InChI is InChI=1S/C35H56O3/c1-25-14-18-30(38-33(36)21-15-27-11-6-7-12-27)24-29(25)17-16-28-13-9-23-35(5)31(19-20-32(28)35)26(2)10-8-22-34(3,4)37/h16-17,26-27,30-32,37H,1,6-15,18-24H2,2-5H3/b28-16?,29-17-/t26-,30+,31-,32?,35-/m1/s1. The van der Waals surface area contributed by atoms with Crippen molar-refractivity contribution in [3.63, 3.8) is 0 Å². The first-order valence-electron chi connectivity index (χ1n) is 16.0. The van der Waals surface area contributed by atoms with Crippen LogP contribution in [-0.2, 0) is 9.53 Å². The topological polar surface area (TPSA) is 46.5 Å². The summed E-state index contributed by atoms with van der Waals surface area (Å²) in [5, 5.41) is 10.1. The first kappa shape index (κ1) is 29.6. The summed E-state index contributed by atoms with van der Waals surface area (Å²) >= 11 is 0. The molecule has 0 amide bonds. The highest BCUT2D eigenvalue weighted by Gasteiger charge is 2.50. The van der Waals surface area contributed by atoms with Gasteiger partial charge in [-0.3, -0.25) is 4.79 Å². The van der Waals surface area contributed by atoms with Crippen molar-refractivity contribution in [1.82, 2.24) is 0 Å². The van der Waals surface area contributed by atoms with E-state index in [1.807, 2.05) is 13.8 Å². The van der Waals surface area contributed by atoms with Gasteiger partial charge in [0, 0.05) is 12.8 Å². The molecule has 0 radical (unpaired) electrons. The summed E-state index contributed by atoms with van der Waals surface area (Å²) in [5.41, 5.74) is 4.01. The summed E-state index contributed by atoms with van der Waals surface area (Å²) in [6, 6.07) is 0. The monoisotopic (exact) mass is 524 g/mol. The Hall–Kier alpha value is -1.35. The van der Waals surface area contributed by atoms with Crippen molar-refractivity contribution in [3.05, 3.63) is 35.5 Å². The van der Waals surface area contributed by atoms with Crippen LogP contribution in [-0.4, -0.2) is 22.8 Å². The molecule has 1 unspecified atom stereocenters. The van der Waals surface area contributed by atoms with Crippen LogP contribution in [0.2, 0.25) is 0 Å². The van der Waals surface area contributed by atoms with Crippen molar-refractivity contribution in [2.24, 2.45) is 29.1 Å². The van der Waals surface area contributed by atoms with Gasteiger partial charge < -0.3 is 9.84 Å². The summed E-state index contributed by atoms with van der Waals surface area (Å²) in [6.07, 6.45) is 24.0. The second-order valence-electron chi connectivity index (χ2n) is 14.4. The van der Waals surface area contributed by atoms with E-state index in [2.05, 4.69) is 32.6 Å². The fourth-order valence-electron chi connectivity index (χ4n) is 8.62. The minimum atomic E-state index is -0.550. The van der Waals surface area contributed by atoms with Gasteiger partial charge in [-0.05, 0) is 106 Å². The molecule has 3 heteroatoms. The summed E-state index contributed by atoms with van der Waals surface area (Å²) < 4.78 is 5.94. The van der Waals surface area contributed by atoms with Crippen LogP contribution in [0, 0.1) is 29.1 Å². The normalized spacial score (nSPS) is 33.6. The maximum absolute atomic E-state index is 12.5. The van der Waals surface area contributed by atoms with Crippen LogP contribution in [0.3, 0.4) is 0 Å². The number of esters is 1. The summed E-state index contributed by atoms with van der Waals surface area (Å²) in [4.78, 5) is 12.5. The van der Waals surface area contributed by atoms with Crippen LogP contribution in [0.1, 0.15) is 137 Å². The molecule has 1 N–H and O–H groups in total. The molecular weight excluding hydrogens is 468 g/mol. The zero-order valence-electron chi connectivity index (χ0n) is 25.0. The molecule has 4 fully saturated rings. The molecule has 5 atom stereocenters. The van der Waals surface area contributed by atoms with Crippen LogP contribution in [0.5, 0.6) is 0 Å². The van der Waals surface area contributed by atoms with Crippen LogP contribution in [0.15, 0.2) is 35.5 Å². The molecule has 214 valence electrons. The summed E-state index contributed by atoms with van der Waals surface area (Å²) in [5.74, 6) is 2.93. The number of allylic oxidation sites excluding steroid dienone is 4. The Balaban J connectivity index is 1.34. The van der Waals surface area contributed by atoms with Gasteiger partial charge in [0.2, 0.25) is 0 Å². The lowest BCUT2D eigenvalue weighted by Gasteiger charge is -2.44. The van der Waals surface area contributed by atoms with Gasteiger partial charge in [0.1, 0.15) is 6.10 Å². The molecule has 4 saturated carbocycles. The SMILES string of the molecule is C=C1CC[C@H](OC(=O)CCC2CCCC2)C/C1=C/C=C1CCC[C@@]2(C)C1CC[C@@H]2[C@H](C)CCCC(C)(C)O. The largest absolute Gasteiger partial charge is 0.462 e. The Labute approximate surface area is 233 Å². The number of carbonyl (C=O) groups excluding carboxylic acids is 1. The summed E-state index contributed by atoms with van der Waals surface area (Å²) in [7, 11) is 0. The lowest BCUT2D eigenvalue weighted by Crippen LogP contribution is -2.36. The quantitative estimate of drug-likeness (QED) is 0.290. The van der Waals surface area contributed by atoms with Gasteiger partial charge in [0.25, 0.3) is 0 Å². The Morgan fingerprint density at radius 2 is 1.89 bits per heavy atom. The van der Waals surface area contributed by atoms with Crippen LogP contribution in [0.25, 0.3) is 0 Å². The smallest absolute Gasteiger partial charge is 0.306 e. The lowest BCUT2D eigenvalue weighted by molar-refractivity contribution is -0.149. The number of carbonyl (C=O) groups is 1. The summed E-state index contributed by atoms with van der Waals surface area (Å²) in [6.45, 7) is 13.3. The van der Waals surface area contributed by atoms with Crippen molar-refractivity contribution >= 4 is 5.97 Å². The molecule has 0 spiro atoms. The van der Waals surface area contributed by atoms with Crippen LogP contribution in [0.4, 0.5) is 0 Å². The molecule has 38 heavy (non-hydrogen) atoms. The molecule has 4 rings (SSSR count). The van der Waals surface area contributed by atoms with Crippen molar-refractivity contribution in [3.8, 4) is 0 Å². The zero-order valence-corrected chi connectivity index (χ0v) is 25.0. The molecule has 4 aliphatic rings. The van der Waals surface area contributed by atoms with Gasteiger partial charge in [-0.25, -0.2) is 0 Å². The van der Waals surface area contributed by atoms with Gasteiger partial charge in [-0.2, -0.15) is 0 Å². The molecule has 0 aromatic rings. The molecule has 0 heterocycles. The number of rotatable bonds is 10. The Morgan fingerprint density at radius 3 is 2.63 bits per heavy atom. The third-order valence-corrected chi connectivity index (χ3v) is 10.9. The van der Waals surface area contributed by atoms with E-state index < -0.39 is 5.60 Å². The molecule has 3 nitrogen and oxygen atoms in total. The highest BCUT2D eigenvalue weighted by Crippen LogP contribution is 2.60. The highest BCUT2D eigenvalue weighted by atomic mass is 16.5. The molecule has 0 aromatic carbocycles. The van der Waals surface area contributed by atoms with Gasteiger partial charge in [0.05, 0.1) is 5.60 Å². The molecule has 0 aromatic heterocycles. The number of hydrogen-bond donors (Lipinski definition) is 1. The van der Waals surface area contributed by atoms with E-state index in [9.17, 15) is 9.90 Å². The third kappa shape index (κ3) is 7.64. The minimum absolute atomic E-state index is 0.00355. The molecule has 0 saturated heterocycles. The average molecular weight is 525 g/mol. The molecular formula is C35H56O3. The van der Waals surface area contributed by atoms with Crippen LogP contribution < -0.4 is 0 Å². The third-order valence-electron chi connectivity index (χ3n) is 10.9.